The molecule has 2 rings (SSSR count). The van der Waals surface area contributed by atoms with Crippen molar-refractivity contribution >= 4 is 11.6 Å². The molecule has 0 spiro atoms. The van der Waals surface area contributed by atoms with E-state index in [1.165, 1.54) is 24.8 Å². The van der Waals surface area contributed by atoms with Gasteiger partial charge >= 0.3 is 0 Å². The summed E-state index contributed by atoms with van der Waals surface area (Å²) in [6.45, 7) is 4.54. The molecular formula is C13H18ClN. The molecule has 1 aliphatic heterocycles. The Labute approximate surface area is 96.8 Å². The predicted octanol–water partition coefficient (Wildman–Crippen LogP) is 3.72. The van der Waals surface area contributed by atoms with Crippen LogP contribution in [0.25, 0.3) is 0 Å². The molecule has 2 unspecified atom stereocenters. The fourth-order valence-electron chi connectivity index (χ4n) is 2.50. The second-order valence-electron chi connectivity index (χ2n) is 4.78. The van der Waals surface area contributed by atoms with Crippen molar-refractivity contribution in [1.82, 2.24) is 5.32 Å². The van der Waals surface area contributed by atoms with Gasteiger partial charge in [-0.2, -0.15) is 0 Å². The Morgan fingerprint density at radius 3 is 2.60 bits per heavy atom. The van der Waals surface area contributed by atoms with Crippen molar-refractivity contribution < 1.29 is 0 Å². The summed E-state index contributed by atoms with van der Waals surface area (Å²) in [6.07, 6.45) is 3.79. The maximum absolute atomic E-state index is 5.90. The third-order valence-corrected chi connectivity index (χ3v) is 3.61. The fourth-order valence-corrected chi connectivity index (χ4v) is 2.62. The summed E-state index contributed by atoms with van der Waals surface area (Å²) in [7, 11) is 0. The summed E-state index contributed by atoms with van der Waals surface area (Å²) in [6, 6.07) is 8.83. The highest BCUT2D eigenvalue weighted by Gasteiger charge is 2.30. The molecule has 2 heteroatoms. The third-order valence-electron chi connectivity index (χ3n) is 3.36. The van der Waals surface area contributed by atoms with Crippen LogP contribution in [-0.2, 0) is 5.54 Å². The van der Waals surface area contributed by atoms with E-state index in [9.17, 15) is 0 Å². The number of nitrogens with one attached hydrogen (secondary N) is 1. The van der Waals surface area contributed by atoms with Crippen molar-refractivity contribution in [3.63, 3.8) is 0 Å². The highest BCUT2D eigenvalue weighted by Crippen LogP contribution is 2.32. The van der Waals surface area contributed by atoms with E-state index in [0.29, 0.717) is 6.04 Å². The van der Waals surface area contributed by atoms with Crippen LogP contribution < -0.4 is 5.32 Å². The van der Waals surface area contributed by atoms with Gasteiger partial charge in [-0.05, 0) is 50.8 Å². The lowest BCUT2D eigenvalue weighted by Gasteiger charge is -2.39. The molecule has 15 heavy (non-hydrogen) atoms. The lowest BCUT2D eigenvalue weighted by Crippen LogP contribution is -2.47. The van der Waals surface area contributed by atoms with Crippen LogP contribution in [0.15, 0.2) is 24.3 Å². The second-order valence-corrected chi connectivity index (χ2v) is 5.21. The van der Waals surface area contributed by atoms with Crippen molar-refractivity contribution in [2.24, 2.45) is 0 Å². The van der Waals surface area contributed by atoms with Crippen molar-refractivity contribution in [3.8, 4) is 0 Å². The van der Waals surface area contributed by atoms with Crippen molar-refractivity contribution in [3.05, 3.63) is 34.9 Å². The summed E-state index contributed by atoms with van der Waals surface area (Å²) < 4.78 is 0. The van der Waals surface area contributed by atoms with Crippen molar-refractivity contribution in [1.29, 1.82) is 0 Å². The molecule has 0 radical (unpaired) electrons. The maximum Gasteiger partial charge on any atom is 0.0408 e. The van der Waals surface area contributed by atoms with Gasteiger partial charge in [-0.15, -0.1) is 0 Å². The minimum atomic E-state index is 0.127. The summed E-state index contributed by atoms with van der Waals surface area (Å²) >= 11 is 5.90. The van der Waals surface area contributed by atoms with Crippen LogP contribution in [0.1, 0.15) is 38.7 Å². The Hall–Kier alpha value is -0.530. The van der Waals surface area contributed by atoms with Crippen LogP contribution in [0.5, 0.6) is 0 Å². The van der Waals surface area contributed by atoms with E-state index in [2.05, 4.69) is 31.3 Å². The predicted molar refractivity (Wildman–Crippen MR) is 65.3 cm³/mol. The monoisotopic (exact) mass is 223 g/mol. The first-order valence-corrected chi connectivity index (χ1v) is 6.02. The van der Waals surface area contributed by atoms with Crippen LogP contribution in [0.2, 0.25) is 5.02 Å². The first-order valence-electron chi connectivity index (χ1n) is 5.64. The van der Waals surface area contributed by atoms with Gasteiger partial charge in [0.2, 0.25) is 0 Å². The molecule has 82 valence electrons. The third kappa shape index (κ3) is 2.35. The second kappa shape index (κ2) is 4.15. The van der Waals surface area contributed by atoms with Crippen molar-refractivity contribution in [2.45, 2.75) is 44.7 Å². The molecule has 1 aromatic carbocycles. The van der Waals surface area contributed by atoms with Gasteiger partial charge in [-0.3, -0.25) is 0 Å². The number of benzene rings is 1. The molecule has 1 heterocycles. The summed E-state index contributed by atoms with van der Waals surface area (Å²) in [4.78, 5) is 0. The van der Waals surface area contributed by atoms with Crippen LogP contribution in [0.3, 0.4) is 0 Å². The molecule has 0 amide bonds. The molecule has 1 aromatic rings. The quantitative estimate of drug-likeness (QED) is 0.765. The topological polar surface area (TPSA) is 12.0 Å². The van der Waals surface area contributed by atoms with Gasteiger partial charge in [-0.1, -0.05) is 23.7 Å². The van der Waals surface area contributed by atoms with E-state index in [0.717, 1.165) is 5.02 Å². The van der Waals surface area contributed by atoms with Gasteiger partial charge in [0.1, 0.15) is 0 Å². The number of hydrogen-bond donors (Lipinski definition) is 1. The Morgan fingerprint density at radius 1 is 1.33 bits per heavy atom. The summed E-state index contributed by atoms with van der Waals surface area (Å²) in [5.74, 6) is 0. The first kappa shape index (κ1) is 11.0. The standard InChI is InChI=1S/C13H18ClN/c1-10-4-3-9-13(2,15-10)11-5-7-12(14)8-6-11/h5-8,10,15H,3-4,9H2,1-2H3. The molecule has 1 aliphatic rings. The number of hydrogen-bond acceptors (Lipinski definition) is 1. The Balaban J connectivity index is 2.24. The number of halogens is 1. The zero-order valence-corrected chi connectivity index (χ0v) is 10.1. The molecular weight excluding hydrogens is 206 g/mol. The van der Waals surface area contributed by atoms with E-state index < -0.39 is 0 Å². The number of piperidine rings is 1. The minimum absolute atomic E-state index is 0.127. The van der Waals surface area contributed by atoms with Gasteiger partial charge < -0.3 is 5.32 Å². The number of rotatable bonds is 1. The molecule has 0 bridgehead atoms. The Morgan fingerprint density at radius 2 is 2.00 bits per heavy atom. The molecule has 2 atom stereocenters. The SMILES string of the molecule is CC1CCCC(C)(c2ccc(Cl)cc2)N1. The molecule has 1 nitrogen and oxygen atoms in total. The fraction of sp³-hybridized carbons (Fsp3) is 0.538. The van der Waals surface area contributed by atoms with Crippen LogP contribution >= 0.6 is 11.6 Å². The van der Waals surface area contributed by atoms with Crippen LogP contribution in [-0.4, -0.2) is 6.04 Å². The molecule has 1 N–H and O–H groups in total. The van der Waals surface area contributed by atoms with E-state index >= 15 is 0 Å². The maximum atomic E-state index is 5.90. The molecule has 1 fully saturated rings. The molecule has 0 saturated carbocycles. The van der Waals surface area contributed by atoms with Gasteiger partial charge in [0.15, 0.2) is 0 Å². The first-order chi connectivity index (χ1) is 7.10. The van der Waals surface area contributed by atoms with E-state index in [1.54, 1.807) is 0 Å². The average molecular weight is 224 g/mol. The van der Waals surface area contributed by atoms with Gasteiger partial charge in [0, 0.05) is 16.6 Å². The average Bonchev–Trinajstić information content (AvgIpc) is 2.18. The normalized spacial score (nSPS) is 31.5. The lowest BCUT2D eigenvalue weighted by molar-refractivity contribution is 0.236. The molecule has 0 aliphatic carbocycles. The van der Waals surface area contributed by atoms with Crippen LogP contribution in [0, 0.1) is 0 Å². The Kier molecular flexibility index (Phi) is 3.03. The highest BCUT2D eigenvalue weighted by atomic mass is 35.5. The minimum Gasteiger partial charge on any atom is -0.305 e. The summed E-state index contributed by atoms with van der Waals surface area (Å²) in [5, 5.41) is 4.50. The molecule has 0 aromatic heterocycles. The summed E-state index contributed by atoms with van der Waals surface area (Å²) in [5.41, 5.74) is 1.47. The smallest absolute Gasteiger partial charge is 0.0408 e. The largest absolute Gasteiger partial charge is 0.305 e. The van der Waals surface area contributed by atoms with Gasteiger partial charge in [0.25, 0.3) is 0 Å². The zero-order chi connectivity index (χ0) is 10.9. The molecule has 1 saturated heterocycles. The van der Waals surface area contributed by atoms with E-state index in [1.807, 2.05) is 12.1 Å². The van der Waals surface area contributed by atoms with Gasteiger partial charge in [0.05, 0.1) is 0 Å². The van der Waals surface area contributed by atoms with E-state index in [4.69, 9.17) is 11.6 Å². The lowest BCUT2D eigenvalue weighted by atomic mass is 9.82. The van der Waals surface area contributed by atoms with E-state index in [-0.39, 0.29) is 5.54 Å². The zero-order valence-electron chi connectivity index (χ0n) is 9.39. The van der Waals surface area contributed by atoms with Crippen molar-refractivity contribution in [2.75, 3.05) is 0 Å². The Bertz CT molecular complexity index is 333. The van der Waals surface area contributed by atoms with Gasteiger partial charge in [-0.25, -0.2) is 0 Å². The highest BCUT2D eigenvalue weighted by molar-refractivity contribution is 6.30. The van der Waals surface area contributed by atoms with Crippen LogP contribution in [0.4, 0.5) is 0 Å².